The van der Waals surface area contributed by atoms with Crippen LogP contribution in [0, 0.1) is 5.92 Å². The van der Waals surface area contributed by atoms with E-state index in [1.165, 1.54) is 17.3 Å². The van der Waals surface area contributed by atoms with Crippen molar-refractivity contribution in [1.82, 2.24) is 34.8 Å². The van der Waals surface area contributed by atoms with Gasteiger partial charge in [0.25, 0.3) is 5.91 Å². The Morgan fingerprint density at radius 1 is 1.32 bits per heavy atom. The zero-order valence-electron chi connectivity index (χ0n) is 15.9. The average molecular weight is 381 g/mol. The number of amides is 2. The normalized spacial score (nSPS) is 17.8. The molecule has 1 saturated heterocycles. The Balaban J connectivity index is 1.37. The molecule has 1 aliphatic heterocycles. The number of benzene rings is 1. The number of aromatic nitrogens is 5. The Morgan fingerprint density at radius 2 is 2.14 bits per heavy atom. The van der Waals surface area contributed by atoms with Gasteiger partial charge in [0.15, 0.2) is 0 Å². The summed E-state index contributed by atoms with van der Waals surface area (Å²) in [6, 6.07) is 7.25. The van der Waals surface area contributed by atoms with Crippen molar-refractivity contribution in [2.24, 2.45) is 13.0 Å². The van der Waals surface area contributed by atoms with Crippen LogP contribution in [0.4, 0.5) is 0 Å². The Morgan fingerprint density at radius 3 is 2.93 bits per heavy atom. The molecule has 2 unspecified atom stereocenters. The molecule has 1 aliphatic rings. The first-order chi connectivity index (χ1) is 13.5. The molecule has 1 aromatic carbocycles. The Bertz CT molecular complexity index is 995. The van der Waals surface area contributed by atoms with E-state index in [0.29, 0.717) is 25.3 Å². The van der Waals surface area contributed by atoms with Gasteiger partial charge in [-0.2, -0.15) is 10.2 Å². The molecule has 0 spiro atoms. The largest absolute Gasteiger partial charge is 0.354 e. The van der Waals surface area contributed by atoms with Gasteiger partial charge in [-0.3, -0.25) is 14.3 Å². The third kappa shape index (κ3) is 3.35. The minimum Gasteiger partial charge on any atom is -0.354 e. The SMILES string of the molecule is CC(C(=O)NCC1CCN(C(=O)c2c3ccccc3nn2C)C1)n1cncn1. The third-order valence-electron chi connectivity index (χ3n) is 5.29. The molecular weight excluding hydrogens is 358 g/mol. The first kappa shape index (κ1) is 18.1. The number of carbonyl (C=O) groups is 2. The lowest BCUT2D eigenvalue weighted by Crippen LogP contribution is -2.36. The van der Waals surface area contributed by atoms with E-state index in [9.17, 15) is 9.59 Å². The molecular formula is C19H23N7O2. The van der Waals surface area contributed by atoms with Gasteiger partial charge in [0.05, 0.1) is 5.52 Å². The topological polar surface area (TPSA) is 97.9 Å². The molecule has 9 heteroatoms. The number of fused-ring (bicyclic) bond motifs is 1. The van der Waals surface area contributed by atoms with E-state index in [1.54, 1.807) is 18.7 Å². The fourth-order valence-corrected chi connectivity index (χ4v) is 3.66. The number of aryl methyl sites for hydroxylation is 1. The number of carbonyl (C=O) groups excluding carboxylic acids is 2. The van der Waals surface area contributed by atoms with Crippen LogP contribution in [0.15, 0.2) is 36.9 Å². The molecule has 3 aromatic rings. The molecule has 0 saturated carbocycles. The van der Waals surface area contributed by atoms with Gasteiger partial charge in [0, 0.05) is 32.1 Å². The minimum absolute atomic E-state index is 0.0130. The molecule has 2 atom stereocenters. The van der Waals surface area contributed by atoms with E-state index in [0.717, 1.165) is 17.3 Å². The first-order valence-electron chi connectivity index (χ1n) is 9.37. The summed E-state index contributed by atoms with van der Waals surface area (Å²) in [5, 5.41) is 12.3. The summed E-state index contributed by atoms with van der Waals surface area (Å²) in [5.74, 6) is 0.115. The number of rotatable bonds is 5. The van der Waals surface area contributed by atoms with Gasteiger partial charge < -0.3 is 10.2 Å². The maximum atomic E-state index is 13.0. The monoisotopic (exact) mass is 381 g/mol. The van der Waals surface area contributed by atoms with Crippen molar-refractivity contribution >= 4 is 22.7 Å². The highest BCUT2D eigenvalue weighted by Gasteiger charge is 2.30. The first-order valence-corrected chi connectivity index (χ1v) is 9.37. The van der Waals surface area contributed by atoms with Crippen LogP contribution in [0.3, 0.4) is 0 Å². The van der Waals surface area contributed by atoms with Crippen molar-refractivity contribution in [1.29, 1.82) is 0 Å². The fraction of sp³-hybridized carbons (Fsp3) is 0.421. The summed E-state index contributed by atoms with van der Waals surface area (Å²) < 4.78 is 3.18. The van der Waals surface area contributed by atoms with E-state index in [-0.39, 0.29) is 17.7 Å². The second-order valence-corrected chi connectivity index (χ2v) is 7.19. The van der Waals surface area contributed by atoms with Crippen molar-refractivity contribution in [3.05, 3.63) is 42.6 Å². The lowest BCUT2D eigenvalue weighted by atomic mass is 10.1. The van der Waals surface area contributed by atoms with Gasteiger partial charge in [0.2, 0.25) is 5.91 Å². The van der Waals surface area contributed by atoms with Crippen LogP contribution in [-0.4, -0.2) is 60.9 Å². The van der Waals surface area contributed by atoms with Gasteiger partial charge >= 0.3 is 0 Å². The molecule has 0 radical (unpaired) electrons. The smallest absolute Gasteiger partial charge is 0.272 e. The lowest BCUT2D eigenvalue weighted by molar-refractivity contribution is -0.124. The molecule has 1 fully saturated rings. The zero-order valence-corrected chi connectivity index (χ0v) is 15.9. The minimum atomic E-state index is -0.414. The standard InChI is InChI=1S/C19H23N7O2/c1-13(26-12-20-11-22-26)18(27)21-9-14-7-8-25(10-14)19(28)17-15-5-3-4-6-16(15)23-24(17)2/h3-6,11-14H,7-10H2,1-2H3,(H,21,27). The van der Waals surface area contributed by atoms with Crippen molar-refractivity contribution < 1.29 is 9.59 Å². The molecule has 0 bridgehead atoms. The maximum Gasteiger partial charge on any atom is 0.272 e. The quantitative estimate of drug-likeness (QED) is 0.711. The van der Waals surface area contributed by atoms with E-state index in [1.807, 2.05) is 29.2 Å². The zero-order chi connectivity index (χ0) is 19.7. The molecule has 3 heterocycles. The van der Waals surface area contributed by atoms with Crippen molar-refractivity contribution in [3.8, 4) is 0 Å². The third-order valence-corrected chi connectivity index (χ3v) is 5.29. The molecule has 28 heavy (non-hydrogen) atoms. The van der Waals surface area contributed by atoms with E-state index >= 15 is 0 Å². The van der Waals surface area contributed by atoms with Crippen LogP contribution in [0.2, 0.25) is 0 Å². The van der Waals surface area contributed by atoms with Crippen LogP contribution in [0.25, 0.3) is 10.9 Å². The molecule has 1 N–H and O–H groups in total. The Hall–Kier alpha value is -3.23. The predicted molar refractivity (Wildman–Crippen MR) is 102 cm³/mol. The summed E-state index contributed by atoms with van der Waals surface area (Å²) in [6.45, 7) is 3.61. The molecule has 2 amide bonds. The van der Waals surface area contributed by atoms with Gasteiger partial charge in [-0.25, -0.2) is 9.67 Å². The van der Waals surface area contributed by atoms with Gasteiger partial charge in [-0.1, -0.05) is 18.2 Å². The van der Waals surface area contributed by atoms with E-state index < -0.39 is 6.04 Å². The Labute approximate surface area is 162 Å². The summed E-state index contributed by atoms with van der Waals surface area (Å²) >= 11 is 0. The number of nitrogens with zero attached hydrogens (tertiary/aromatic N) is 6. The van der Waals surface area contributed by atoms with E-state index in [4.69, 9.17) is 0 Å². The summed E-state index contributed by atoms with van der Waals surface area (Å²) in [4.78, 5) is 31.1. The van der Waals surface area contributed by atoms with Crippen LogP contribution in [0.5, 0.6) is 0 Å². The fourth-order valence-electron chi connectivity index (χ4n) is 3.66. The van der Waals surface area contributed by atoms with Crippen LogP contribution in [0.1, 0.15) is 29.9 Å². The molecule has 0 aliphatic carbocycles. The lowest BCUT2D eigenvalue weighted by Gasteiger charge is -2.18. The number of hydrogen-bond donors (Lipinski definition) is 1. The second-order valence-electron chi connectivity index (χ2n) is 7.19. The average Bonchev–Trinajstić information content (AvgIpc) is 3.43. The molecule has 146 valence electrons. The van der Waals surface area contributed by atoms with Crippen molar-refractivity contribution in [3.63, 3.8) is 0 Å². The highest BCUT2D eigenvalue weighted by atomic mass is 16.2. The highest BCUT2D eigenvalue weighted by molar-refractivity contribution is 6.05. The number of nitrogens with one attached hydrogen (secondary N) is 1. The number of likely N-dealkylation sites (tertiary alicyclic amines) is 1. The number of hydrogen-bond acceptors (Lipinski definition) is 5. The second kappa shape index (κ2) is 7.41. The van der Waals surface area contributed by atoms with Crippen LogP contribution < -0.4 is 5.32 Å². The molecule has 2 aromatic heterocycles. The summed E-state index contributed by atoms with van der Waals surface area (Å²) in [7, 11) is 1.80. The Kier molecular flexibility index (Phi) is 4.81. The van der Waals surface area contributed by atoms with Crippen LogP contribution >= 0.6 is 0 Å². The summed E-state index contributed by atoms with van der Waals surface area (Å²) in [6.07, 6.45) is 3.80. The highest BCUT2D eigenvalue weighted by Crippen LogP contribution is 2.23. The van der Waals surface area contributed by atoms with Crippen molar-refractivity contribution in [2.45, 2.75) is 19.4 Å². The van der Waals surface area contributed by atoms with Crippen LogP contribution in [-0.2, 0) is 11.8 Å². The molecule has 9 nitrogen and oxygen atoms in total. The molecule has 4 rings (SSSR count). The van der Waals surface area contributed by atoms with E-state index in [2.05, 4.69) is 20.5 Å². The maximum absolute atomic E-state index is 13.0. The van der Waals surface area contributed by atoms with Crippen molar-refractivity contribution in [2.75, 3.05) is 19.6 Å². The van der Waals surface area contributed by atoms with Gasteiger partial charge in [0.1, 0.15) is 24.4 Å². The van der Waals surface area contributed by atoms with Gasteiger partial charge in [-0.15, -0.1) is 0 Å². The van der Waals surface area contributed by atoms with Gasteiger partial charge in [-0.05, 0) is 25.3 Å². The predicted octanol–water partition coefficient (Wildman–Crippen LogP) is 1.00. The summed E-state index contributed by atoms with van der Waals surface area (Å²) in [5.41, 5.74) is 1.43.